The van der Waals surface area contributed by atoms with E-state index in [-0.39, 0.29) is 11.8 Å². The van der Waals surface area contributed by atoms with Crippen LogP contribution in [0.3, 0.4) is 0 Å². The minimum atomic E-state index is 0.0174. The summed E-state index contributed by atoms with van der Waals surface area (Å²) in [6.45, 7) is 5.96. The first-order chi connectivity index (χ1) is 23.0. The van der Waals surface area contributed by atoms with Crippen LogP contribution in [-0.2, 0) is 44.4 Å². The molecule has 240 valence electrons. The number of amides is 2. The van der Waals surface area contributed by atoms with E-state index in [1.807, 2.05) is 40.1 Å². The summed E-state index contributed by atoms with van der Waals surface area (Å²) in [6, 6.07) is 8.49. The van der Waals surface area contributed by atoms with E-state index in [4.69, 9.17) is 0 Å². The van der Waals surface area contributed by atoms with Crippen LogP contribution >= 0.6 is 0 Å². The van der Waals surface area contributed by atoms with Gasteiger partial charge in [0.25, 0.3) is 5.91 Å². The predicted octanol–water partition coefficient (Wildman–Crippen LogP) is 4.86. The predicted molar refractivity (Wildman–Crippen MR) is 178 cm³/mol. The summed E-state index contributed by atoms with van der Waals surface area (Å²) in [4.78, 5) is 35.9. The molecule has 2 aliphatic heterocycles. The Balaban J connectivity index is 1.20. The number of hydrogen-bond donors (Lipinski definition) is 0. The summed E-state index contributed by atoms with van der Waals surface area (Å²) in [5.41, 5.74) is 9.59. The molecule has 4 aromatic heterocycles. The van der Waals surface area contributed by atoms with Crippen LogP contribution in [0.4, 0.5) is 0 Å². The lowest BCUT2D eigenvalue weighted by Gasteiger charge is -2.28. The highest BCUT2D eigenvalue weighted by atomic mass is 16.2. The van der Waals surface area contributed by atoms with Crippen molar-refractivity contribution in [3.63, 3.8) is 0 Å². The van der Waals surface area contributed by atoms with E-state index in [0.717, 1.165) is 63.9 Å². The molecular formula is C36H39N9O2. The summed E-state index contributed by atoms with van der Waals surface area (Å²) in [6.07, 6.45) is 15.9. The fraction of sp³-hybridized carbons (Fsp3) is 0.389. The van der Waals surface area contributed by atoms with E-state index >= 15 is 0 Å². The molecule has 0 atom stereocenters. The lowest BCUT2D eigenvalue weighted by atomic mass is 9.96. The van der Waals surface area contributed by atoms with Crippen molar-refractivity contribution in [2.75, 3.05) is 13.1 Å². The molecular weight excluding hydrogens is 590 g/mol. The maximum Gasteiger partial charge on any atom is 0.254 e. The van der Waals surface area contributed by atoms with Crippen LogP contribution in [0, 0.1) is 5.92 Å². The molecule has 0 N–H and O–H groups in total. The van der Waals surface area contributed by atoms with Crippen molar-refractivity contribution in [3.05, 3.63) is 89.4 Å². The highest BCUT2D eigenvalue weighted by molar-refractivity contribution is 6.05. The second-order valence-corrected chi connectivity index (χ2v) is 13.1. The van der Waals surface area contributed by atoms with Crippen molar-refractivity contribution in [2.45, 2.75) is 65.2 Å². The molecule has 6 heterocycles. The number of benzene rings is 1. The van der Waals surface area contributed by atoms with Gasteiger partial charge < -0.3 is 14.4 Å². The van der Waals surface area contributed by atoms with Crippen molar-refractivity contribution < 1.29 is 9.59 Å². The molecule has 2 amide bonds. The molecule has 0 saturated heterocycles. The maximum absolute atomic E-state index is 14.2. The van der Waals surface area contributed by atoms with E-state index in [1.54, 1.807) is 17.1 Å². The molecule has 3 aliphatic rings. The molecule has 1 fully saturated rings. The fourth-order valence-electron chi connectivity index (χ4n) is 7.21. The Morgan fingerprint density at radius 2 is 1.89 bits per heavy atom. The van der Waals surface area contributed by atoms with Gasteiger partial charge in [-0.25, -0.2) is 0 Å². The minimum Gasteiger partial charge on any atom is -0.340 e. The van der Waals surface area contributed by atoms with Crippen molar-refractivity contribution in [2.24, 2.45) is 13.0 Å². The van der Waals surface area contributed by atoms with Crippen molar-refractivity contribution >= 4 is 28.3 Å². The van der Waals surface area contributed by atoms with Gasteiger partial charge in [-0.1, -0.05) is 18.2 Å². The van der Waals surface area contributed by atoms with Crippen LogP contribution in [0.15, 0.2) is 61.3 Å². The number of hydrogen-bond acceptors (Lipinski definition) is 6. The van der Waals surface area contributed by atoms with E-state index < -0.39 is 0 Å². The van der Waals surface area contributed by atoms with Gasteiger partial charge in [-0.05, 0) is 67.0 Å². The highest BCUT2D eigenvalue weighted by Crippen LogP contribution is 2.40. The first-order valence-corrected chi connectivity index (χ1v) is 16.7. The van der Waals surface area contributed by atoms with Crippen molar-refractivity contribution in [3.8, 4) is 11.1 Å². The van der Waals surface area contributed by atoms with E-state index in [2.05, 4.69) is 62.2 Å². The van der Waals surface area contributed by atoms with Gasteiger partial charge in [0.1, 0.15) is 0 Å². The third-order valence-electron chi connectivity index (χ3n) is 9.96. The Bertz CT molecular complexity index is 2020. The zero-order valence-corrected chi connectivity index (χ0v) is 27.0. The normalized spacial score (nSPS) is 16.2. The van der Waals surface area contributed by atoms with E-state index in [1.165, 1.54) is 18.4 Å². The average Bonchev–Trinajstić information content (AvgIpc) is 3.44. The summed E-state index contributed by atoms with van der Waals surface area (Å²) in [5, 5.41) is 13.3. The molecule has 8 rings (SSSR count). The van der Waals surface area contributed by atoms with Gasteiger partial charge >= 0.3 is 0 Å². The van der Waals surface area contributed by atoms with Gasteiger partial charge in [0.05, 0.1) is 36.7 Å². The number of carbonyl (C=O) groups excluding carboxylic acids is 2. The average molecular weight is 630 g/mol. The van der Waals surface area contributed by atoms with Crippen LogP contribution in [-0.4, -0.2) is 69.0 Å². The van der Waals surface area contributed by atoms with E-state index in [0.29, 0.717) is 50.6 Å². The summed E-state index contributed by atoms with van der Waals surface area (Å²) < 4.78 is 6.04. The largest absolute Gasteiger partial charge is 0.340 e. The number of fused-ring (bicyclic) bond motifs is 2. The second kappa shape index (κ2) is 11.9. The van der Waals surface area contributed by atoms with Crippen LogP contribution in [0.2, 0.25) is 0 Å². The Morgan fingerprint density at radius 3 is 2.68 bits per heavy atom. The third-order valence-corrected chi connectivity index (χ3v) is 9.96. The molecule has 0 spiro atoms. The first-order valence-electron chi connectivity index (χ1n) is 16.7. The Labute approximate surface area is 273 Å². The number of aromatic nitrogens is 7. The molecule has 0 radical (unpaired) electrons. The molecule has 11 heteroatoms. The van der Waals surface area contributed by atoms with Gasteiger partial charge in [-0.15, -0.1) is 5.10 Å². The van der Waals surface area contributed by atoms with Crippen LogP contribution in [0.25, 0.3) is 27.6 Å². The monoisotopic (exact) mass is 629 g/mol. The number of rotatable bonds is 9. The molecule has 0 bridgehead atoms. The minimum absolute atomic E-state index is 0.0174. The SMILES string of the molecule is CCc1ccncc1-c1cc(C(=O)N2Cc3cnn(C)c3C2)cc2cc(C3=CCCN(C(=O)CCn4ccnn4)C3)n(CC3CC3)c12. The zero-order valence-electron chi connectivity index (χ0n) is 27.0. The van der Waals surface area contributed by atoms with Gasteiger partial charge in [0.15, 0.2) is 0 Å². The molecule has 47 heavy (non-hydrogen) atoms. The summed E-state index contributed by atoms with van der Waals surface area (Å²) >= 11 is 0. The molecule has 5 aromatic rings. The van der Waals surface area contributed by atoms with Crippen LogP contribution in [0.5, 0.6) is 0 Å². The van der Waals surface area contributed by atoms with E-state index in [9.17, 15) is 9.59 Å². The summed E-state index contributed by atoms with van der Waals surface area (Å²) in [5.74, 6) is 0.762. The number of nitrogens with zero attached hydrogens (tertiary/aromatic N) is 9. The van der Waals surface area contributed by atoms with Gasteiger partial charge in [-0.3, -0.25) is 23.9 Å². The van der Waals surface area contributed by atoms with Gasteiger partial charge in [0.2, 0.25) is 5.91 Å². The fourth-order valence-corrected chi connectivity index (χ4v) is 7.21. The standard InChI is InChI=1S/C36H39N9O2/c1-3-25-8-10-37-19-31(25)30-16-28(36(47)43-22-29-18-39-41(2)33(29)23-43)15-27-17-32(45(35(27)30)20-24-6-7-24)26-5-4-12-42(21-26)34(46)9-13-44-14-11-38-40-44/h5,8,10-11,14-19,24H,3-4,6-7,9,12-13,20-23H2,1-2H3. The quantitative estimate of drug-likeness (QED) is 0.231. The van der Waals surface area contributed by atoms with Crippen molar-refractivity contribution in [1.82, 2.24) is 44.1 Å². The molecule has 1 aromatic carbocycles. The van der Waals surface area contributed by atoms with Crippen LogP contribution in [0.1, 0.15) is 65.5 Å². The van der Waals surface area contributed by atoms with Crippen LogP contribution < -0.4 is 0 Å². The molecule has 1 aliphatic carbocycles. The van der Waals surface area contributed by atoms with Gasteiger partial charge in [0, 0.05) is 91.6 Å². The number of aryl methyl sites for hydroxylation is 3. The molecule has 11 nitrogen and oxygen atoms in total. The Hall–Kier alpha value is -5.06. The lowest BCUT2D eigenvalue weighted by Crippen LogP contribution is -2.36. The number of pyridine rings is 1. The van der Waals surface area contributed by atoms with Gasteiger partial charge in [-0.2, -0.15) is 5.10 Å². The highest BCUT2D eigenvalue weighted by Gasteiger charge is 2.31. The summed E-state index contributed by atoms with van der Waals surface area (Å²) in [7, 11) is 1.93. The Morgan fingerprint density at radius 1 is 1.00 bits per heavy atom. The second-order valence-electron chi connectivity index (χ2n) is 13.1. The third kappa shape index (κ3) is 5.53. The smallest absolute Gasteiger partial charge is 0.254 e. The molecule has 0 unspecified atom stereocenters. The molecule has 1 saturated carbocycles. The van der Waals surface area contributed by atoms with Crippen molar-refractivity contribution in [1.29, 1.82) is 0 Å². The first kappa shape index (κ1) is 29.3. The Kier molecular flexibility index (Phi) is 7.46. The maximum atomic E-state index is 14.2. The zero-order chi connectivity index (χ0) is 32.1. The topological polar surface area (TPSA) is 107 Å². The lowest BCUT2D eigenvalue weighted by molar-refractivity contribution is -0.131. The number of carbonyl (C=O) groups is 2.